The van der Waals surface area contributed by atoms with Crippen molar-refractivity contribution in [1.82, 2.24) is 4.90 Å². The van der Waals surface area contributed by atoms with Crippen LogP contribution < -0.4 is 0 Å². The number of amides is 1. The molecule has 94 valence electrons. The number of rotatable bonds is 1. The minimum Gasteiger partial charge on any atom is -0.451 e. The van der Waals surface area contributed by atoms with Gasteiger partial charge in [-0.1, -0.05) is 15.9 Å². The van der Waals surface area contributed by atoms with Gasteiger partial charge in [-0.25, -0.2) is 0 Å². The Morgan fingerprint density at radius 3 is 3.00 bits per heavy atom. The average molecular weight is 310 g/mol. The van der Waals surface area contributed by atoms with Crippen molar-refractivity contribution in [2.45, 2.75) is 12.5 Å². The van der Waals surface area contributed by atoms with Crippen LogP contribution in [0.1, 0.15) is 17.0 Å². The quantitative estimate of drug-likeness (QED) is 0.880. The predicted octanol–water partition coefficient (Wildman–Crippen LogP) is 2.40. The molecule has 1 atom stereocenters. The van der Waals surface area contributed by atoms with Crippen molar-refractivity contribution in [2.75, 3.05) is 13.1 Å². The lowest BCUT2D eigenvalue weighted by Gasteiger charge is -2.12. The second-order valence-corrected chi connectivity index (χ2v) is 5.40. The third-order valence-corrected chi connectivity index (χ3v) is 3.64. The Hall–Kier alpha value is -1.33. The Kier molecular flexibility index (Phi) is 2.87. The van der Waals surface area contributed by atoms with Crippen LogP contribution in [0.3, 0.4) is 0 Å². The molecule has 0 radical (unpaired) electrons. The first-order chi connectivity index (χ1) is 8.63. The van der Waals surface area contributed by atoms with Crippen LogP contribution in [0.5, 0.6) is 0 Å². The third kappa shape index (κ3) is 2.04. The fraction of sp³-hybridized carbons (Fsp3) is 0.308. The molecule has 1 aliphatic heterocycles. The minimum absolute atomic E-state index is 0.154. The molecule has 4 nitrogen and oxygen atoms in total. The number of hydrogen-bond donors (Lipinski definition) is 1. The van der Waals surface area contributed by atoms with E-state index in [9.17, 15) is 9.90 Å². The molecule has 2 aromatic rings. The molecule has 1 aromatic heterocycles. The van der Waals surface area contributed by atoms with Gasteiger partial charge in [-0.3, -0.25) is 4.79 Å². The number of aliphatic hydroxyl groups excluding tert-OH is 1. The Morgan fingerprint density at radius 1 is 1.44 bits per heavy atom. The van der Waals surface area contributed by atoms with Crippen LogP contribution in [0.15, 0.2) is 33.2 Å². The molecule has 5 heteroatoms. The van der Waals surface area contributed by atoms with Crippen molar-refractivity contribution < 1.29 is 14.3 Å². The van der Waals surface area contributed by atoms with Crippen molar-refractivity contribution in [2.24, 2.45) is 0 Å². The standard InChI is InChI=1S/C13H12BrNO3/c14-9-2-1-8-5-12(18-11(8)6-9)13(17)15-4-3-10(16)7-15/h1-2,5-6,10,16H,3-4,7H2. The monoisotopic (exact) mass is 309 g/mol. The van der Waals surface area contributed by atoms with Gasteiger partial charge in [0.05, 0.1) is 6.10 Å². The van der Waals surface area contributed by atoms with Crippen LogP contribution in [-0.4, -0.2) is 35.1 Å². The molecule has 1 aliphatic rings. The summed E-state index contributed by atoms with van der Waals surface area (Å²) in [4.78, 5) is 13.8. The first-order valence-corrected chi connectivity index (χ1v) is 6.59. The van der Waals surface area contributed by atoms with E-state index in [4.69, 9.17) is 4.42 Å². The Morgan fingerprint density at radius 2 is 2.28 bits per heavy atom. The van der Waals surface area contributed by atoms with Crippen LogP contribution in [0.4, 0.5) is 0 Å². The molecule has 18 heavy (non-hydrogen) atoms. The van der Waals surface area contributed by atoms with E-state index < -0.39 is 6.10 Å². The van der Waals surface area contributed by atoms with Gasteiger partial charge < -0.3 is 14.4 Å². The van der Waals surface area contributed by atoms with E-state index in [1.165, 1.54) is 0 Å². The summed E-state index contributed by atoms with van der Waals surface area (Å²) < 4.78 is 6.47. The molecular weight excluding hydrogens is 298 g/mol. The number of halogens is 1. The second-order valence-electron chi connectivity index (χ2n) is 4.49. The summed E-state index contributed by atoms with van der Waals surface area (Å²) in [5, 5.41) is 10.3. The Bertz CT molecular complexity index is 607. The van der Waals surface area contributed by atoms with Crippen molar-refractivity contribution in [3.8, 4) is 0 Å². The number of likely N-dealkylation sites (tertiary alicyclic amines) is 1. The van der Waals surface area contributed by atoms with Gasteiger partial charge in [0.2, 0.25) is 0 Å². The zero-order valence-electron chi connectivity index (χ0n) is 9.60. The van der Waals surface area contributed by atoms with Gasteiger partial charge in [-0.15, -0.1) is 0 Å². The molecule has 0 spiro atoms. The zero-order chi connectivity index (χ0) is 12.7. The number of carbonyl (C=O) groups is 1. The molecule has 2 heterocycles. The van der Waals surface area contributed by atoms with E-state index in [0.29, 0.717) is 30.9 Å². The highest BCUT2D eigenvalue weighted by Crippen LogP contribution is 2.24. The molecule has 0 bridgehead atoms. The number of hydrogen-bond acceptors (Lipinski definition) is 3. The van der Waals surface area contributed by atoms with Gasteiger partial charge in [0, 0.05) is 22.9 Å². The fourth-order valence-electron chi connectivity index (χ4n) is 2.19. The van der Waals surface area contributed by atoms with Crippen LogP contribution in [0.2, 0.25) is 0 Å². The van der Waals surface area contributed by atoms with Crippen LogP contribution in [-0.2, 0) is 0 Å². The maximum Gasteiger partial charge on any atom is 0.289 e. The van der Waals surface area contributed by atoms with E-state index >= 15 is 0 Å². The number of fused-ring (bicyclic) bond motifs is 1. The summed E-state index contributed by atoms with van der Waals surface area (Å²) in [6.45, 7) is 0.973. The number of carbonyl (C=O) groups excluding carboxylic acids is 1. The molecule has 1 saturated heterocycles. The number of furan rings is 1. The van der Waals surface area contributed by atoms with Crippen molar-refractivity contribution in [3.63, 3.8) is 0 Å². The lowest BCUT2D eigenvalue weighted by Crippen LogP contribution is -2.29. The van der Waals surface area contributed by atoms with Crippen LogP contribution in [0, 0.1) is 0 Å². The summed E-state index contributed by atoms with van der Waals surface area (Å²) in [6, 6.07) is 7.39. The van der Waals surface area contributed by atoms with Crippen LogP contribution >= 0.6 is 15.9 Å². The van der Waals surface area contributed by atoms with E-state index in [1.807, 2.05) is 18.2 Å². The van der Waals surface area contributed by atoms with E-state index in [-0.39, 0.29) is 5.91 Å². The lowest BCUT2D eigenvalue weighted by atomic mass is 10.2. The topological polar surface area (TPSA) is 53.7 Å². The molecule has 3 rings (SSSR count). The first kappa shape index (κ1) is 11.7. The Balaban J connectivity index is 1.92. The summed E-state index contributed by atoms with van der Waals surface area (Å²) in [5.74, 6) is 0.177. The lowest BCUT2D eigenvalue weighted by molar-refractivity contribution is 0.0736. The highest BCUT2D eigenvalue weighted by molar-refractivity contribution is 9.10. The molecule has 1 fully saturated rings. The maximum atomic E-state index is 12.2. The molecule has 1 N–H and O–H groups in total. The number of benzene rings is 1. The van der Waals surface area contributed by atoms with Crippen molar-refractivity contribution in [3.05, 3.63) is 34.5 Å². The molecular formula is C13H12BrNO3. The van der Waals surface area contributed by atoms with Gasteiger partial charge in [0.1, 0.15) is 5.58 Å². The predicted molar refractivity (Wildman–Crippen MR) is 70.4 cm³/mol. The molecule has 0 saturated carbocycles. The highest BCUT2D eigenvalue weighted by atomic mass is 79.9. The van der Waals surface area contributed by atoms with E-state index in [0.717, 1.165) is 9.86 Å². The number of β-amino-alcohol motifs (C(OH)–C–C–N with tert-alkyl or cyclic N) is 1. The van der Waals surface area contributed by atoms with Gasteiger partial charge >= 0.3 is 0 Å². The van der Waals surface area contributed by atoms with Crippen molar-refractivity contribution >= 4 is 32.8 Å². The average Bonchev–Trinajstić information content (AvgIpc) is 2.93. The second kappa shape index (κ2) is 4.40. The summed E-state index contributed by atoms with van der Waals surface area (Å²) in [6.07, 6.45) is 0.227. The zero-order valence-corrected chi connectivity index (χ0v) is 11.2. The van der Waals surface area contributed by atoms with E-state index in [1.54, 1.807) is 11.0 Å². The third-order valence-electron chi connectivity index (χ3n) is 3.14. The summed E-state index contributed by atoms with van der Waals surface area (Å²) in [7, 11) is 0. The summed E-state index contributed by atoms with van der Waals surface area (Å²) >= 11 is 3.36. The largest absolute Gasteiger partial charge is 0.451 e. The highest BCUT2D eigenvalue weighted by Gasteiger charge is 2.27. The maximum absolute atomic E-state index is 12.2. The van der Waals surface area contributed by atoms with Crippen molar-refractivity contribution in [1.29, 1.82) is 0 Å². The molecule has 1 unspecified atom stereocenters. The fourth-order valence-corrected chi connectivity index (χ4v) is 2.53. The minimum atomic E-state index is -0.410. The van der Waals surface area contributed by atoms with Gasteiger partial charge in [0.15, 0.2) is 5.76 Å². The molecule has 0 aliphatic carbocycles. The summed E-state index contributed by atoms with van der Waals surface area (Å²) in [5.41, 5.74) is 0.687. The molecule has 1 amide bonds. The number of nitrogens with zero attached hydrogens (tertiary/aromatic N) is 1. The van der Waals surface area contributed by atoms with Gasteiger partial charge in [-0.05, 0) is 30.7 Å². The SMILES string of the molecule is O=C(c1cc2ccc(Br)cc2o1)N1CCC(O)C1. The number of aliphatic hydroxyl groups is 1. The van der Waals surface area contributed by atoms with Gasteiger partial charge in [-0.2, -0.15) is 0 Å². The normalized spacial score (nSPS) is 19.7. The molecule has 1 aromatic carbocycles. The van der Waals surface area contributed by atoms with E-state index in [2.05, 4.69) is 15.9 Å². The smallest absolute Gasteiger partial charge is 0.289 e. The first-order valence-electron chi connectivity index (χ1n) is 5.80. The van der Waals surface area contributed by atoms with Crippen LogP contribution in [0.25, 0.3) is 11.0 Å². The Labute approximate surface area is 112 Å². The van der Waals surface area contributed by atoms with Gasteiger partial charge in [0.25, 0.3) is 5.91 Å².